The summed E-state index contributed by atoms with van der Waals surface area (Å²) in [4.78, 5) is 12.6. The van der Waals surface area contributed by atoms with Gasteiger partial charge in [0.15, 0.2) is 5.60 Å². The van der Waals surface area contributed by atoms with Crippen LogP contribution in [0.25, 0.3) is 0 Å². The van der Waals surface area contributed by atoms with Gasteiger partial charge in [-0.05, 0) is 103 Å². The standard InChI is InChI=1S/C46H51N3O2/c1-29(2)45(10)46(11,32-17-13-12-14-18-32)51-42(48-45)35-28-40(31(4)25-30(35)3)50-34-21-22-37-39(27-34)49(38-20-16-15-19-36(38)44(37,8)9)41-26-33(23-24-47-41)43(5,6)7/h12-29H,1-11H3/t45-,46-/m1/s1. The zero-order valence-corrected chi connectivity index (χ0v) is 32.1. The Labute approximate surface area is 304 Å². The molecule has 262 valence electrons. The van der Waals surface area contributed by atoms with Gasteiger partial charge in [0.2, 0.25) is 5.90 Å². The summed E-state index contributed by atoms with van der Waals surface area (Å²) in [6, 6.07) is 34.2. The van der Waals surface area contributed by atoms with Crippen molar-refractivity contribution in [3.63, 3.8) is 0 Å². The highest BCUT2D eigenvalue weighted by atomic mass is 16.5. The van der Waals surface area contributed by atoms with Crippen molar-refractivity contribution in [3.05, 3.63) is 142 Å². The molecule has 0 saturated heterocycles. The minimum absolute atomic E-state index is 0.0147. The fourth-order valence-corrected chi connectivity index (χ4v) is 7.85. The summed E-state index contributed by atoms with van der Waals surface area (Å²) in [5.41, 5.74) is 8.80. The summed E-state index contributed by atoms with van der Waals surface area (Å²) in [6.07, 6.45) is 1.93. The maximum Gasteiger partial charge on any atom is 0.218 e. The number of fused-ring (bicyclic) bond motifs is 2. The van der Waals surface area contributed by atoms with Gasteiger partial charge in [0.1, 0.15) is 22.9 Å². The number of ether oxygens (including phenoxy) is 2. The second-order valence-electron chi connectivity index (χ2n) is 16.6. The molecule has 2 aliphatic heterocycles. The third-order valence-corrected chi connectivity index (χ3v) is 11.6. The second-order valence-corrected chi connectivity index (χ2v) is 16.6. The van der Waals surface area contributed by atoms with E-state index in [1.54, 1.807) is 0 Å². The van der Waals surface area contributed by atoms with Gasteiger partial charge in [0.05, 0.1) is 11.4 Å². The van der Waals surface area contributed by atoms with Crippen LogP contribution in [0.2, 0.25) is 0 Å². The van der Waals surface area contributed by atoms with E-state index < -0.39 is 11.1 Å². The first-order valence-corrected chi connectivity index (χ1v) is 18.2. The van der Waals surface area contributed by atoms with E-state index in [1.807, 2.05) is 12.3 Å². The van der Waals surface area contributed by atoms with Crippen molar-refractivity contribution >= 4 is 23.1 Å². The Bertz CT molecular complexity index is 2160. The lowest BCUT2D eigenvalue weighted by Crippen LogP contribution is -2.47. The normalized spacial score (nSPS) is 20.8. The first kappa shape index (κ1) is 34.5. The molecule has 2 atom stereocenters. The van der Waals surface area contributed by atoms with E-state index in [0.29, 0.717) is 5.90 Å². The summed E-state index contributed by atoms with van der Waals surface area (Å²) in [5, 5.41) is 0. The Hall–Kier alpha value is -4.90. The first-order valence-electron chi connectivity index (χ1n) is 18.2. The van der Waals surface area contributed by atoms with E-state index in [1.165, 1.54) is 16.7 Å². The molecule has 0 N–H and O–H groups in total. The van der Waals surface area contributed by atoms with Crippen LogP contribution in [0.15, 0.2) is 108 Å². The highest BCUT2D eigenvalue weighted by Crippen LogP contribution is 2.53. The molecule has 0 amide bonds. The Morgan fingerprint density at radius 3 is 2.14 bits per heavy atom. The van der Waals surface area contributed by atoms with Gasteiger partial charge in [0, 0.05) is 23.2 Å². The van der Waals surface area contributed by atoms with E-state index in [4.69, 9.17) is 19.5 Å². The van der Waals surface area contributed by atoms with Gasteiger partial charge in [-0.15, -0.1) is 0 Å². The Kier molecular flexibility index (Phi) is 8.20. The summed E-state index contributed by atoms with van der Waals surface area (Å²) >= 11 is 0. The second kappa shape index (κ2) is 12.1. The number of aryl methyl sites for hydroxylation is 2. The number of hydrogen-bond donors (Lipinski definition) is 0. The van der Waals surface area contributed by atoms with E-state index in [9.17, 15) is 0 Å². The molecular weight excluding hydrogens is 627 g/mol. The molecule has 0 aliphatic carbocycles. The monoisotopic (exact) mass is 677 g/mol. The van der Waals surface area contributed by atoms with Crippen LogP contribution >= 0.6 is 0 Å². The van der Waals surface area contributed by atoms with Crippen LogP contribution in [0.5, 0.6) is 11.5 Å². The third kappa shape index (κ3) is 5.62. The van der Waals surface area contributed by atoms with Crippen molar-refractivity contribution in [2.24, 2.45) is 10.9 Å². The van der Waals surface area contributed by atoms with Gasteiger partial charge >= 0.3 is 0 Å². The van der Waals surface area contributed by atoms with E-state index in [2.05, 4.69) is 172 Å². The van der Waals surface area contributed by atoms with Crippen LogP contribution in [0.1, 0.15) is 101 Å². The highest BCUT2D eigenvalue weighted by Gasteiger charge is 2.55. The molecule has 7 rings (SSSR count). The van der Waals surface area contributed by atoms with E-state index >= 15 is 0 Å². The topological polar surface area (TPSA) is 47.0 Å². The minimum Gasteiger partial charge on any atom is -0.464 e. The van der Waals surface area contributed by atoms with Crippen molar-refractivity contribution < 1.29 is 9.47 Å². The van der Waals surface area contributed by atoms with Crippen LogP contribution in [-0.4, -0.2) is 16.4 Å². The lowest BCUT2D eigenvalue weighted by molar-refractivity contribution is 0.00855. The number of pyridine rings is 1. The molecule has 0 unspecified atom stereocenters. The number of para-hydroxylation sites is 1. The maximum atomic E-state index is 6.93. The van der Waals surface area contributed by atoms with Crippen molar-refractivity contribution in [1.82, 2.24) is 4.98 Å². The maximum absolute atomic E-state index is 6.93. The van der Waals surface area contributed by atoms with Crippen LogP contribution in [0.3, 0.4) is 0 Å². The molecule has 0 spiro atoms. The number of rotatable bonds is 6. The fraction of sp³-hybridized carbons (Fsp3) is 0.348. The highest BCUT2D eigenvalue weighted by molar-refractivity contribution is 5.98. The van der Waals surface area contributed by atoms with Gasteiger partial charge in [-0.2, -0.15) is 0 Å². The fourth-order valence-electron chi connectivity index (χ4n) is 7.85. The molecule has 5 aromatic rings. The molecule has 3 heterocycles. The number of nitrogens with zero attached hydrogens (tertiary/aromatic N) is 3. The van der Waals surface area contributed by atoms with E-state index in [-0.39, 0.29) is 16.7 Å². The number of hydrogen-bond acceptors (Lipinski definition) is 5. The average Bonchev–Trinajstić information content (AvgIpc) is 3.38. The van der Waals surface area contributed by atoms with Gasteiger partial charge in [-0.3, -0.25) is 4.90 Å². The molecular formula is C46H51N3O2. The summed E-state index contributed by atoms with van der Waals surface area (Å²) in [5.74, 6) is 3.32. The van der Waals surface area contributed by atoms with Gasteiger partial charge in [0.25, 0.3) is 0 Å². The predicted molar refractivity (Wildman–Crippen MR) is 210 cm³/mol. The van der Waals surface area contributed by atoms with Crippen molar-refractivity contribution in [2.75, 3.05) is 4.90 Å². The Balaban J connectivity index is 1.31. The molecule has 0 fully saturated rings. The molecule has 0 saturated carbocycles. The summed E-state index contributed by atoms with van der Waals surface area (Å²) < 4.78 is 13.8. The van der Waals surface area contributed by atoms with Crippen molar-refractivity contribution in [3.8, 4) is 11.5 Å². The molecule has 5 nitrogen and oxygen atoms in total. The first-order chi connectivity index (χ1) is 24.0. The number of anilines is 3. The van der Waals surface area contributed by atoms with E-state index in [0.717, 1.165) is 50.9 Å². The zero-order chi connectivity index (χ0) is 36.5. The van der Waals surface area contributed by atoms with Gasteiger partial charge in [-0.25, -0.2) is 9.98 Å². The number of aliphatic imine (C=N–C) groups is 1. The van der Waals surface area contributed by atoms with Crippen molar-refractivity contribution in [2.45, 2.75) is 98.1 Å². The largest absolute Gasteiger partial charge is 0.464 e. The Morgan fingerprint density at radius 2 is 1.43 bits per heavy atom. The molecule has 0 bridgehead atoms. The molecule has 51 heavy (non-hydrogen) atoms. The minimum atomic E-state index is -0.626. The quantitative estimate of drug-likeness (QED) is 0.179. The number of benzene rings is 4. The summed E-state index contributed by atoms with van der Waals surface area (Å²) in [7, 11) is 0. The van der Waals surface area contributed by atoms with Gasteiger partial charge in [-0.1, -0.05) is 109 Å². The van der Waals surface area contributed by atoms with Crippen LogP contribution in [0.4, 0.5) is 17.2 Å². The smallest absolute Gasteiger partial charge is 0.218 e. The average molecular weight is 678 g/mol. The number of aromatic nitrogens is 1. The van der Waals surface area contributed by atoms with Crippen molar-refractivity contribution in [1.29, 1.82) is 0 Å². The molecule has 2 aliphatic rings. The van der Waals surface area contributed by atoms with Gasteiger partial charge < -0.3 is 9.47 Å². The predicted octanol–water partition coefficient (Wildman–Crippen LogP) is 12.0. The molecule has 1 aromatic heterocycles. The van der Waals surface area contributed by atoms with Crippen LogP contribution in [-0.2, 0) is 21.2 Å². The molecule has 0 radical (unpaired) electrons. The van der Waals surface area contributed by atoms with Crippen LogP contribution < -0.4 is 9.64 Å². The SMILES string of the molecule is Cc1cc(C)c(C2=N[C@](C)(C(C)C)[C@@](C)(c3ccccc3)O2)cc1Oc1ccc2c(c1)N(c1cc(C(C)(C)C)ccn1)c1ccccc1C2(C)C. The molecule has 4 aromatic carbocycles. The Morgan fingerprint density at radius 1 is 0.745 bits per heavy atom. The lowest BCUT2D eigenvalue weighted by atomic mass is 9.72. The molecule has 5 heteroatoms. The summed E-state index contributed by atoms with van der Waals surface area (Å²) in [6.45, 7) is 24.4. The lowest BCUT2D eigenvalue weighted by Gasteiger charge is -2.41. The third-order valence-electron chi connectivity index (χ3n) is 11.6. The zero-order valence-electron chi connectivity index (χ0n) is 32.1. The van der Waals surface area contributed by atoms with Crippen LogP contribution in [0, 0.1) is 19.8 Å².